The number of amides is 1. The van der Waals surface area contributed by atoms with E-state index in [0.717, 1.165) is 12.1 Å². The highest BCUT2D eigenvalue weighted by atomic mass is 32.2. The van der Waals surface area contributed by atoms with Crippen LogP contribution in [-0.2, 0) is 15.8 Å². The second-order valence-electron chi connectivity index (χ2n) is 6.18. The normalized spacial score (nSPS) is 10.8. The molecule has 1 amide bonds. The van der Waals surface area contributed by atoms with E-state index >= 15 is 0 Å². The molecule has 2 N–H and O–H groups in total. The molecule has 0 spiro atoms. The second-order valence-corrected chi connectivity index (χ2v) is 7.90. The van der Waals surface area contributed by atoms with E-state index in [4.69, 9.17) is 5.26 Å². The lowest BCUT2D eigenvalue weighted by atomic mass is 10.2. The van der Waals surface area contributed by atoms with Crippen LogP contribution in [0.4, 0.5) is 20.3 Å². The van der Waals surface area contributed by atoms with Crippen LogP contribution in [0, 0.1) is 23.0 Å². The number of aromatic nitrogens is 1. The first-order chi connectivity index (χ1) is 14.3. The number of anilines is 2. The highest BCUT2D eigenvalue weighted by Crippen LogP contribution is 2.16. The first-order valence-corrected chi connectivity index (χ1v) is 10.1. The minimum atomic E-state index is -3.84. The van der Waals surface area contributed by atoms with Gasteiger partial charge < -0.3 is 5.32 Å². The average molecular weight is 428 g/mol. The third-order valence-corrected chi connectivity index (χ3v) is 5.13. The Kier molecular flexibility index (Phi) is 6.03. The summed E-state index contributed by atoms with van der Waals surface area (Å²) in [4.78, 5) is 16.2. The molecular weight excluding hydrogens is 414 g/mol. The Hall–Kier alpha value is -3.84. The van der Waals surface area contributed by atoms with Crippen molar-refractivity contribution in [1.82, 2.24) is 4.98 Å². The van der Waals surface area contributed by atoms with Crippen LogP contribution >= 0.6 is 0 Å². The number of benzene rings is 2. The van der Waals surface area contributed by atoms with E-state index in [1.165, 1.54) is 48.7 Å². The van der Waals surface area contributed by atoms with Crippen molar-refractivity contribution in [3.63, 3.8) is 0 Å². The van der Waals surface area contributed by atoms with Crippen LogP contribution in [0.2, 0.25) is 0 Å². The Balaban J connectivity index is 1.71. The van der Waals surface area contributed by atoms with Gasteiger partial charge >= 0.3 is 0 Å². The van der Waals surface area contributed by atoms with Gasteiger partial charge in [-0.15, -0.1) is 0 Å². The molecule has 3 rings (SSSR count). The summed E-state index contributed by atoms with van der Waals surface area (Å²) in [5, 5.41) is 11.2. The van der Waals surface area contributed by atoms with Gasteiger partial charge in [0.05, 0.1) is 17.4 Å². The summed E-state index contributed by atoms with van der Waals surface area (Å²) in [5.74, 6) is -3.25. The van der Waals surface area contributed by atoms with Gasteiger partial charge in [0.1, 0.15) is 5.82 Å². The highest BCUT2D eigenvalue weighted by Gasteiger charge is 2.15. The van der Waals surface area contributed by atoms with Gasteiger partial charge in [0.25, 0.3) is 5.91 Å². The molecule has 0 aliphatic carbocycles. The van der Waals surface area contributed by atoms with Crippen molar-refractivity contribution in [2.75, 3.05) is 10.0 Å². The van der Waals surface area contributed by atoms with E-state index in [1.807, 2.05) is 6.07 Å². The fourth-order valence-corrected chi connectivity index (χ4v) is 3.63. The SMILES string of the molecule is N#Cc1ccc(CS(=O)(=O)Nc2cc(C(=O)Nc3ccc(F)c(F)c3)ccn2)cc1. The number of sulfonamides is 1. The third kappa shape index (κ3) is 5.36. The van der Waals surface area contributed by atoms with Gasteiger partial charge in [-0.25, -0.2) is 22.2 Å². The van der Waals surface area contributed by atoms with Crippen molar-refractivity contribution in [3.8, 4) is 6.07 Å². The van der Waals surface area contributed by atoms with Crippen LogP contribution in [0.5, 0.6) is 0 Å². The van der Waals surface area contributed by atoms with Gasteiger partial charge in [-0.2, -0.15) is 5.26 Å². The minimum absolute atomic E-state index is 0.0404. The minimum Gasteiger partial charge on any atom is -0.322 e. The second kappa shape index (κ2) is 8.67. The van der Waals surface area contributed by atoms with Crippen molar-refractivity contribution >= 4 is 27.4 Å². The Morgan fingerprint density at radius 2 is 1.77 bits per heavy atom. The standard InChI is InChI=1S/C20H14F2N4O3S/c21-17-6-5-16(10-18(17)22)25-20(27)15-7-8-24-19(9-15)26-30(28,29)12-14-3-1-13(11-23)2-4-14/h1-10H,12H2,(H,24,26)(H,25,27). The number of nitriles is 1. The summed E-state index contributed by atoms with van der Waals surface area (Å²) in [5.41, 5.74) is 0.976. The van der Waals surface area contributed by atoms with Crippen LogP contribution in [0.3, 0.4) is 0 Å². The van der Waals surface area contributed by atoms with Gasteiger partial charge in [-0.1, -0.05) is 12.1 Å². The summed E-state index contributed by atoms with van der Waals surface area (Å²) in [6.07, 6.45) is 1.24. The molecule has 1 heterocycles. The Morgan fingerprint density at radius 3 is 2.43 bits per heavy atom. The van der Waals surface area contributed by atoms with Gasteiger partial charge in [-0.05, 0) is 42.0 Å². The van der Waals surface area contributed by atoms with Gasteiger partial charge in [-0.3, -0.25) is 9.52 Å². The number of hydrogen-bond acceptors (Lipinski definition) is 5. The molecule has 10 heteroatoms. The van der Waals surface area contributed by atoms with E-state index in [2.05, 4.69) is 15.0 Å². The predicted octanol–water partition coefficient (Wildman–Crippen LogP) is 3.43. The zero-order valence-electron chi connectivity index (χ0n) is 15.3. The molecule has 0 saturated heterocycles. The van der Waals surface area contributed by atoms with Crippen molar-refractivity contribution in [2.24, 2.45) is 0 Å². The quantitative estimate of drug-likeness (QED) is 0.625. The number of hydrogen-bond donors (Lipinski definition) is 2. The lowest BCUT2D eigenvalue weighted by Gasteiger charge is -2.09. The monoisotopic (exact) mass is 428 g/mol. The van der Waals surface area contributed by atoms with Crippen LogP contribution in [0.25, 0.3) is 0 Å². The fourth-order valence-electron chi connectivity index (χ4n) is 2.50. The van der Waals surface area contributed by atoms with E-state index in [9.17, 15) is 22.0 Å². The van der Waals surface area contributed by atoms with E-state index in [0.29, 0.717) is 11.1 Å². The van der Waals surface area contributed by atoms with Crippen molar-refractivity contribution < 1.29 is 22.0 Å². The van der Waals surface area contributed by atoms with Crippen molar-refractivity contribution in [2.45, 2.75) is 5.75 Å². The number of carbonyl (C=O) groups excluding carboxylic acids is 1. The molecule has 0 radical (unpaired) electrons. The summed E-state index contributed by atoms with van der Waals surface area (Å²) in [6, 6.07) is 13.5. The van der Waals surface area contributed by atoms with E-state index < -0.39 is 27.6 Å². The maximum absolute atomic E-state index is 13.3. The summed E-state index contributed by atoms with van der Waals surface area (Å²) in [6.45, 7) is 0. The Bertz CT molecular complexity index is 1240. The van der Waals surface area contributed by atoms with E-state index in [-0.39, 0.29) is 22.8 Å². The number of rotatable bonds is 6. The molecule has 0 aliphatic heterocycles. The smallest absolute Gasteiger partial charge is 0.255 e. The maximum atomic E-state index is 13.3. The first-order valence-electron chi connectivity index (χ1n) is 8.48. The van der Waals surface area contributed by atoms with Crippen LogP contribution < -0.4 is 10.0 Å². The number of pyridine rings is 1. The fraction of sp³-hybridized carbons (Fsp3) is 0.0500. The molecule has 1 aromatic heterocycles. The van der Waals surface area contributed by atoms with Crippen LogP contribution in [-0.4, -0.2) is 19.3 Å². The van der Waals surface area contributed by atoms with Crippen LogP contribution in [0.15, 0.2) is 60.8 Å². The molecule has 0 fully saturated rings. The van der Waals surface area contributed by atoms with Crippen molar-refractivity contribution in [3.05, 3.63) is 89.1 Å². The molecule has 30 heavy (non-hydrogen) atoms. The molecule has 0 aliphatic rings. The lowest BCUT2D eigenvalue weighted by Crippen LogP contribution is -2.17. The van der Waals surface area contributed by atoms with Gasteiger partial charge in [0.15, 0.2) is 11.6 Å². The summed E-state index contributed by atoms with van der Waals surface area (Å²) in [7, 11) is -3.84. The Labute approximate surface area is 171 Å². The number of nitrogens with zero attached hydrogens (tertiary/aromatic N) is 2. The molecule has 0 saturated carbocycles. The molecular formula is C20H14F2N4O3S. The van der Waals surface area contributed by atoms with Gasteiger partial charge in [0.2, 0.25) is 10.0 Å². The highest BCUT2D eigenvalue weighted by molar-refractivity contribution is 7.91. The average Bonchev–Trinajstić information content (AvgIpc) is 2.71. The molecule has 7 nitrogen and oxygen atoms in total. The Morgan fingerprint density at radius 1 is 1.03 bits per heavy atom. The number of nitrogens with one attached hydrogen (secondary N) is 2. The van der Waals surface area contributed by atoms with Gasteiger partial charge in [0, 0.05) is 23.5 Å². The maximum Gasteiger partial charge on any atom is 0.255 e. The zero-order valence-corrected chi connectivity index (χ0v) is 16.1. The molecule has 152 valence electrons. The molecule has 0 bridgehead atoms. The topological polar surface area (TPSA) is 112 Å². The summed E-state index contributed by atoms with van der Waals surface area (Å²) >= 11 is 0. The molecule has 2 aromatic carbocycles. The molecule has 3 aromatic rings. The largest absolute Gasteiger partial charge is 0.322 e. The molecule has 0 atom stereocenters. The zero-order chi connectivity index (χ0) is 21.7. The number of halogens is 2. The summed E-state index contributed by atoms with van der Waals surface area (Å²) < 4.78 is 53.3. The van der Waals surface area contributed by atoms with Crippen LogP contribution in [0.1, 0.15) is 21.5 Å². The first kappa shape index (κ1) is 20.9. The van der Waals surface area contributed by atoms with E-state index in [1.54, 1.807) is 0 Å². The molecule has 0 unspecified atom stereocenters. The third-order valence-electron chi connectivity index (χ3n) is 3.90. The van der Waals surface area contributed by atoms with Crippen molar-refractivity contribution in [1.29, 1.82) is 5.26 Å². The predicted molar refractivity (Wildman–Crippen MR) is 106 cm³/mol. The lowest BCUT2D eigenvalue weighted by molar-refractivity contribution is 0.102. The number of carbonyl (C=O) groups is 1.